The first-order chi connectivity index (χ1) is 10.6. The predicted molar refractivity (Wildman–Crippen MR) is 94.3 cm³/mol. The Morgan fingerprint density at radius 1 is 1.23 bits per heavy atom. The maximum Gasteiger partial charge on any atom is 0.160 e. The largest absolute Gasteiger partial charge is 0.338 e. The first-order valence-corrected chi connectivity index (χ1v) is 7.67. The summed E-state index contributed by atoms with van der Waals surface area (Å²) in [4.78, 5) is 13.4. The third kappa shape index (κ3) is 2.72. The highest BCUT2D eigenvalue weighted by Gasteiger charge is 2.10. The molecule has 2 aromatic heterocycles. The van der Waals surface area contributed by atoms with E-state index in [0.717, 1.165) is 32.3 Å². The fourth-order valence-corrected chi connectivity index (χ4v) is 2.59. The van der Waals surface area contributed by atoms with Crippen LogP contribution < -0.4 is 5.32 Å². The van der Waals surface area contributed by atoms with Crippen molar-refractivity contribution in [1.29, 1.82) is 0 Å². The molecule has 3 aromatic rings. The molecule has 1 N–H and O–H groups in total. The van der Waals surface area contributed by atoms with E-state index in [1.54, 1.807) is 12.3 Å². The molecule has 0 atom stereocenters. The van der Waals surface area contributed by atoms with E-state index >= 15 is 0 Å². The molecule has 0 aliphatic rings. The Bertz CT molecular complexity index is 874. The van der Waals surface area contributed by atoms with Gasteiger partial charge in [0.1, 0.15) is 11.3 Å². The molecule has 0 aliphatic heterocycles. The third-order valence-electron chi connectivity index (χ3n) is 3.43. The first kappa shape index (κ1) is 14.7. The van der Waals surface area contributed by atoms with Crippen LogP contribution >= 0.6 is 15.9 Å². The van der Waals surface area contributed by atoms with E-state index in [-0.39, 0.29) is 0 Å². The molecule has 0 spiro atoms. The van der Waals surface area contributed by atoms with Gasteiger partial charge in [0.15, 0.2) is 5.82 Å². The number of benzene rings is 1. The molecule has 0 fully saturated rings. The minimum atomic E-state index is 0.700. The highest BCUT2D eigenvalue weighted by Crippen LogP contribution is 2.28. The second kappa shape index (κ2) is 5.85. The fourth-order valence-electron chi connectivity index (χ4n) is 2.22. The number of nitrogens with zero attached hydrogens (tertiary/aromatic N) is 3. The first-order valence-electron chi connectivity index (χ1n) is 6.87. The van der Waals surface area contributed by atoms with Gasteiger partial charge >= 0.3 is 0 Å². The molecule has 0 saturated carbocycles. The van der Waals surface area contributed by atoms with Gasteiger partial charge in [-0.2, -0.15) is 0 Å². The van der Waals surface area contributed by atoms with Crippen LogP contribution in [0, 0.1) is 13.8 Å². The number of rotatable bonds is 3. The maximum atomic E-state index is 4.50. The minimum absolute atomic E-state index is 0.700. The van der Waals surface area contributed by atoms with Gasteiger partial charge in [0.05, 0.1) is 5.52 Å². The summed E-state index contributed by atoms with van der Waals surface area (Å²) in [7, 11) is 0. The van der Waals surface area contributed by atoms with Gasteiger partial charge in [-0.15, -0.1) is 0 Å². The van der Waals surface area contributed by atoms with Crippen molar-refractivity contribution >= 4 is 44.5 Å². The zero-order chi connectivity index (χ0) is 15.7. The van der Waals surface area contributed by atoms with E-state index in [1.807, 2.05) is 38.1 Å². The number of pyridine rings is 1. The van der Waals surface area contributed by atoms with Crippen LogP contribution in [0.25, 0.3) is 17.1 Å². The van der Waals surface area contributed by atoms with Crippen molar-refractivity contribution in [1.82, 2.24) is 15.0 Å². The normalized spacial score (nSPS) is 10.7. The van der Waals surface area contributed by atoms with E-state index in [0.29, 0.717) is 11.6 Å². The summed E-state index contributed by atoms with van der Waals surface area (Å²) < 4.78 is 1.05. The van der Waals surface area contributed by atoms with Crippen molar-refractivity contribution in [2.75, 3.05) is 5.32 Å². The van der Waals surface area contributed by atoms with E-state index < -0.39 is 0 Å². The van der Waals surface area contributed by atoms with Gasteiger partial charge in [0.25, 0.3) is 0 Å². The molecular formula is C17H15BrN4. The molecule has 5 heteroatoms. The van der Waals surface area contributed by atoms with Crippen molar-refractivity contribution in [2.24, 2.45) is 0 Å². The number of aromatic nitrogens is 3. The summed E-state index contributed by atoms with van der Waals surface area (Å²) in [6, 6.07) is 7.97. The second-order valence-electron chi connectivity index (χ2n) is 5.00. The predicted octanol–water partition coefficient (Wildman–Crippen LogP) is 4.79. The highest BCUT2D eigenvalue weighted by molar-refractivity contribution is 9.10. The van der Waals surface area contributed by atoms with E-state index in [1.165, 1.54) is 0 Å². The Morgan fingerprint density at radius 3 is 2.82 bits per heavy atom. The minimum Gasteiger partial charge on any atom is -0.338 e. The molecule has 0 saturated heterocycles. The molecule has 3 rings (SSSR count). The monoisotopic (exact) mass is 354 g/mol. The number of aryl methyl sites for hydroxylation is 1. The number of fused-ring (bicyclic) bond motifs is 1. The molecular weight excluding hydrogens is 340 g/mol. The van der Waals surface area contributed by atoms with Gasteiger partial charge in [0, 0.05) is 16.4 Å². The van der Waals surface area contributed by atoms with Crippen molar-refractivity contribution in [2.45, 2.75) is 13.8 Å². The lowest BCUT2D eigenvalue weighted by Crippen LogP contribution is -2.02. The molecule has 0 unspecified atom stereocenters. The SMILES string of the molecule is C=Cc1cnc2c(Nc3cccc(Br)c3C)nc(C)nc2c1. The van der Waals surface area contributed by atoms with Crippen LogP contribution in [0.2, 0.25) is 0 Å². The van der Waals surface area contributed by atoms with Gasteiger partial charge in [0.2, 0.25) is 0 Å². The maximum absolute atomic E-state index is 4.50. The van der Waals surface area contributed by atoms with Crippen LogP contribution in [0.1, 0.15) is 17.0 Å². The van der Waals surface area contributed by atoms with Gasteiger partial charge in [-0.25, -0.2) is 9.97 Å². The van der Waals surface area contributed by atoms with Crippen molar-refractivity contribution < 1.29 is 0 Å². The summed E-state index contributed by atoms with van der Waals surface area (Å²) in [5, 5.41) is 3.36. The summed E-state index contributed by atoms with van der Waals surface area (Å²) in [6.45, 7) is 7.69. The van der Waals surface area contributed by atoms with Crippen LogP contribution in [0.4, 0.5) is 11.5 Å². The number of halogens is 1. The lowest BCUT2D eigenvalue weighted by molar-refractivity contribution is 1.08. The zero-order valence-corrected chi connectivity index (χ0v) is 14.0. The van der Waals surface area contributed by atoms with E-state index in [2.05, 4.69) is 42.8 Å². The average Bonchev–Trinajstić information content (AvgIpc) is 2.51. The number of anilines is 2. The Balaban J connectivity index is 2.14. The summed E-state index contributed by atoms with van der Waals surface area (Å²) >= 11 is 3.54. The Hall–Kier alpha value is -2.27. The molecule has 0 bridgehead atoms. The third-order valence-corrected chi connectivity index (χ3v) is 4.28. The van der Waals surface area contributed by atoms with Crippen LogP contribution in [-0.4, -0.2) is 15.0 Å². The number of hydrogen-bond donors (Lipinski definition) is 1. The molecule has 110 valence electrons. The highest BCUT2D eigenvalue weighted by atomic mass is 79.9. The van der Waals surface area contributed by atoms with Crippen LogP contribution in [0.3, 0.4) is 0 Å². The summed E-state index contributed by atoms with van der Waals surface area (Å²) in [5.74, 6) is 1.41. The van der Waals surface area contributed by atoms with Gasteiger partial charge in [-0.05, 0) is 43.2 Å². The van der Waals surface area contributed by atoms with Crippen LogP contribution in [0.15, 0.2) is 41.5 Å². The quantitative estimate of drug-likeness (QED) is 0.734. The van der Waals surface area contributed by atoms with Crippen LogP contribution in [0.5, 0.6) is 0 Å². The second-order valence-corrected chi connectivity index (χ2v) is 5.85. The molecule has 0 amide bonds. The van der Waals surface area contributed by atoms with E-state index in [4.69, 9.17) is 0 Å². The summed E-state index contributed by atoms with van der Waals surface area (Å²) in [5.41, 5.74) is 4.60. The number of nitrogens with one attached hydrogen (secondary N) is 1. The molecule has 4 nitrogen and oxygen atoms in total. The molecule has 1 aromatic carbocycles. The topological polar surface area (TPSA) is 50.7 Å². The molecule has 0 aliphatic carbocycles. The summed E-state index contributed by atoms with van der Waals surface area (Å²) in [6.07, 6.45) is 3.53. The Labute approximate surface area is 137 Å². The average molecular weight is 355 g/mol. The standard InChI is InChI=1S/C17H15BrN4/c1-4-12-8-15-16(19-9-12)17(21-11(3)20-15)22-14-7-5-6-13(18)10(14)2/h4-9H,1H2,2-3H3,(H,20,21,22). The Morgan fingerprint density at radius 2 is 2.05 bits per heavy atom. The Kier molecular flexibility index (Phi) is 3.90. The fraction of sp³-hybridized carbons (Fsp3) is 0.118. The van der Waals surface area contributed by atoms with Crippen molar-refractivity contribution in [3.05, 3.63) is 58.5 Å². The zero-order valence-electron chi connectivity index (χ0n) is 12.4. The van der Waals surface area contributed by atoms with Crippen molar-refractivity contribution in [3.8, 4) is 0 Å². The van der Waals surface area contributed by atoms with E-state index in [9.17, 15) is 0 Å². The molecule has 0 radical (unpaired) electrons. The smallest absolute Gasteiger partial charge is 0.160 e. The van der Waals surface area contributed by atoms with Gasteiger partial charge < -0.3 is 5.32 Å². The van der Waals surface area contributed by atoms with Gasteiger partial charge in [-0.1, -0.05) is 34.7 Å². The number of hydrogen-bond acceptors (Lipinski definition) is 4. The molecule has 2 heterocycles. The lowest BCUT2D eigenvalue weighted by Gasteiger charge is -2.12. The molecule has 22 heavy (non-hydrogen) atoms. The lowest BCUT2D eigenvalue weighted by atomic mass is 10.2. The van der Waals surface area contributed by atoms with Crippen LogP contribution in [-0.2, 0) is 0 Å². The van der Waals surface area contributed by atoms with Gasteiger partial charge in [-0.3, -0.25) is 4.98 Å². The van der Waals surface area contributed by atoms with Crippen molar-refractivity contribution in [3.63, 3.8) is 0 Å².